The maximum atomic E-state index is 10.8. The van der Waals surface area contributed by atoms with Crippen LogP contribution in [0.3, 0.4) is 0 Å². The third kappa shape index (κ3) is 2.59. The highest BCUT2D eigenvalue weighted by molar-refractivity contribution is 5.85. The fourth-order valence-corrected chi connectivity index (χ4v) is 1.65. The Morgan fingerprint density at radius 3 is 2.75 bits per heavy atom. The summed E-state index contributed by atoms with van der Waals surface area (Å²) < 4.78 is 0. The van der Waals surface area contributed by atoms with Crippen LogP contribution in [0.4, 0.5) is 11.5 Å². The van der Waals surface area contributed by atoms with Crippen molar-refractivity contribution >= 4 is 23.9 Å². The summed E-state index contributed by atoms with van der Waals surface area (Å²) in [5, 5.41) is 14.0. The van der Waals surface area contributed by atoms with Gasteiger partial charge in [0, 0.05) is 38.4 Å². The van der Waals surface area contributed by atoms with Crippen LogP contribution in [0.5, 0.6) is 0 Å². The number of hydrogen-bond donors (Lipinski definition) is 1. The number of piperazine rings is 1. The highest BCUT2D eigenvalue weighted by Crippen LogP contribution is 2.24. The Morgan fingerprint density at radius 2 is 2.12 bits per heavy atom. The van der Waals surface area contributed by atoms with Crippen LogP contribution in [0.1, 0.15) is 0 Å². The summed E-state index contributed by atoms with van der Waals surface area (Å²) in [5.41, 5.74) is 0.0828. The zero-order valence-electron chi connectivity index (χ0n) is 8.63. The van der Waals surface area contributed by atoms with Crippen molar-refractivity contribution in [3.05, 3.63) is 28.4 Å². The monoisotopic (exact) mass is 244 g/mol. The summed E-state index contributed by atoms with van der Waals surface area (Å²) in [6.45, 7) is 3.21. The van der Waals surface area contributed by atoms with Crippen LogP contribution in [-0.4, -0.2) is 36.1 Å². The third-order valence-electron chi connectivity index (χ3n) is 2.38. The van der Waals surface area contributed by atoms with Crippen LogP contribution in [0.25, 0.3) is 0 Å². The van der Waals surface area contributed by atoms with Gasteiger partial charge in [0.2, 0.25) is 5.82 Å². The van der Waals surface area contributed by atoms with Crippen molar-refractivity contribution in [2.24, 2.45) is 0 Å². The third-order valence-corrected chi connectivity index (χ3v) is 2.38. The van der Waals surface area contributed by atoms with Gasteiger partial charge >= 0.3 is 5.69 Å². The van der Waals surface area contributed by atoms with E-state index in [1.807, 2.05) is 4.90 Å². The van der Waals surface area contributed by atoms with Gasteiger partial charge in [-0.1, -0.05) is 0 Å². The molecule has 1 saturated heterocycles. The predicted molar refractivity (Wildman–Crippen MR) is 63.2 cm³/mol. The van der Waals surface area contributed by atoms with Gasteiger partial charge in [0.05, 0.1) is 4.92 Å². The van der Waals surface area contributed by atoms with E-state index in [2.05, 4.69) is 10.3 Å². The fourth-order valence-electron chi connectivity index (χ4n) is 1.65. The standard InChI is InChI=1S/C9H12N4O2.ClH/c14-13(15)8-2-1-3-11-9(8)12-6-4-10-5-7-12;/h1-3,10H,4-7H2;1H. The van der Waals surface area contributed by atoms with Gasteiger partial charge in [0.15, 0.2) is 0 Å². The largest absolute Gasteiger partial charge is 0.348 e. The van der Waals surface area contributed by atoms with Gasteiger partial charge in [0.1, 0.15) is 0 Å². The summed E-state index contributed by atoms with van der Waals surface area (Å²) in [7, 11) is 0. The summed E-state index contributed by atoms with van der Waals surface area (Å²) in [4.78, 5) is 16.4. The minimum Gasteiger partial charge on any atom is -0.348 e. The number of rotatable bonds is 2. The highest BCUT2D eigenvalue weighted by atomic mass is 35.5. The molecule has 1 aromatic rings. The molecule has 0 radical (unpaired) electrons. The van der Waals surface area contributed by atoms with Gasteiger partial charge in [-0.05, 0) is 6.07 Å². The first kappa shape index (κ1) is 12.7. The van der Waals surface area contributed by atoms with E-state index >= 15 is 0 Å². The summed E-state index contributed by atoms with van der Waals surface area (Å²) in [6, 6.07) is 3.08. The molecule has 2 heterocycles. The van der Waals surface area contributed by atoms with E-state index < -0.39 is 0 Å². The quantitative estimate of drug-likeness (QED) is 0.616. The molecule has 0 bridgehead atoms. The number of nitrogens with zero attached hydrogens (tertiary/aromatic N) is 3. The lowest BCUT2D eigenvalue weighted by Crippen LogP contribution is -2.44. The summed E-state index contributed by atoms with van der Waals surface area (Å²) in [6.07, 6.45) is 1.59. The number of anilines is 1. The zero-order chi connectivity index (χ0) is 10.7. The molecular weight excluding hydrogens is 232 g/mol. The second-order valence-corrected chi connectivity index (χ2v) is 3.34. The van der Waals surface area contributed by atoms with E-state index in [1.54, 1.807) is 12.3 Å². The lowest BCUT2D eigenvalue weighted by Gasteiger charge is -2.27. The van der Waals surface area contributed by atoms with Gasteiger partial charge < -0.3 is 10.2 Å². The molecule has 0 aliphatic carbocycles. The molecule has 1 fully saturated rings. The average molecular weight is 245 g/mol. The number of nitrogens with one attached hydrogen (secondary N) is 1. The molecule has 1 aliphatic heterocycles. The predicted octanol–water partition coefficient (Wildman–Crippen LogP) is 0.821. The maximum Gasteiger partial charge on any atom is 0.311 e. The Kier molecular flexibility index (Phi) is 4.45. The van der Waals surface area contributed by atoms with Crippen molar-refractivity contribution in [1.29, 1.82) is 0 Å². The van der Waals surface area contributed by atoms with E-state index in [0.29, 0.717) is 5.82 Å². The second kappa shape index (κ2) is 5.62. The number of pyridine rings is 1. The zero-order valence-corrected chi connectivity index (χ0v) is 9.44. The lowest BCUT2D eigenvalue weighted by atomic mass is 10.3. The molecule has 6 nitrogen and oxygen atoms in total. The van der Waals surface area contributed by atoms with Crippen LogP contribution in [0.2, 0.25) is 0 Å². The number of hydrogen-bond acceptors (Lipinski definition) is 5. The highest BCUT2D eigenvalue weighted by Gasteiger charge is 2.21. The van der Waals surface area contributed by atoms with Gasteiger partial charge in [0.25, 0.3) is 0 Å². The van der Waals surface area contributed by atoms with Crippen LogP contribution in [0.15, 0.2) is 18.3 Å². The van der Waals surface area contributed by atoms with E-state index in [-0.39, 0.29) is 23.0 Å². The minimum atomic E-state index is -0.385. The Hall–Kier alpha value is -1.40. The molecule has 0 saturated carbocycles. The van der Waals surface area contributed by atoms with Gasteiger partial charge in [-0.3, -0.25) is 10.1 Å². The summed E-state index contributed by atoms with van der Waals surface area (Å²) in [5.74, 6) is 0.476. The molecule has 0 atom stereocenters. The van der Waals surface area contributed by atoms with Crippen LogP contribution in [0, 0.1) is 10.1 Å². The van der Waals surface area contributed by atoms with Crippen molar-refractivity contribution in [1.82, 2.24) is 10.3 Å². The topological polar surface area (TPSA) is 71.3 Å². The minimum absolute atomic E-state index is 0. The summed E-state index contributed by atoms with van der Waals surface area (Å²) >= 11 is 0. The Bertz CT molecular complexity index is 368. The maximum absolute atomic E-state index is 10.8. The van der Waals surface area contributed by atoms with Gasteiger partial charge in [-0.25, -0.2) is 4.98 Å². The van der Waals surface area contributed by atoms with E-state index in [9.17, 15) is 10.1 Å². The molecule has 0 unspecified atom stereocenters. The first-order valence-electron chi connectivity index (χ1n) is 4.84. The molecular formula is C9H13ClN4O2. The van der Waals surface area contributed by atoms with Crippen molar-refractivity contribution < 1.29 is 4.92 Å². The van der Waals surface area contributed by atoms with Crippen LogP contribution >= 0.6 is 12.4 Å². The molecule has 0 spiro atoms. The fraction of sp³-hybridized carbons (Fsp3) is 0.444. The van der Waals surface area contributed by atoms with Crippen LogP contribution in [-0.2, 0) is 0 Å². The average Bonchev–Trinajstić information content (AvgIpc) is 2.30. The van der Waals surface area contributed by atoms with Crippen molar-refractivity contribution in [3.63, 3.8) is 0 Å². The van der Waals surface area contributed by atoms with E-state index in [1.165, 1.54) is 6.07 Å². The van der Waals surface area contributed by atoms with Crippen molar-refractivity contribution in [2.45, 2.75) is 0 Å². The molecule has 1 aromatic heterocycles. The number of aromatic nitrogens is 1. The lowest BCUT2D eigenvalue weighted by molar-refractivity contribution is -0.384. The molecule has 0 aromatic carbocycles. The van der Waals surface area contributed by atoms with Crippen molar-refractivity contribution in [3.8, 4) is 0 Å². The molecule has 88 valence electrons. The van der Waals surface area contributed by atoms with Gasteiger partial charge in [-0.2, -0.15) is 0 Å². The molecule has 0 amide bonds. The SMILES string of the molecule is Cl.O=[N+]([O-])c1cccnc1N1CCNCC1. The Labute approximate surface area is 99.2 Å². The molecule has 16 heavy (non-hydrogen) atoms. The van der Waals surface area contributed by atoms with Crippen LogP contribution < -0.4 is 10.2 Å². The first-order valence-corrected chi connectivity index (χ1v) is 4.84. The first-order chi connectivity index (χ1) is 7.29. The van der Waals surface area contributed by atoms with Crippen molar-refractivity contribution in [2.75, 3.05) is 31.1 Å². The Morgan fingerprint density at radius 1 is 1.44 bits per heavy atom. The second-order valence-electron chi connectivity index (χ2n) is 3.34. The molecule has 7 heteroatoms. The molecule has 1 N–H and O–H groups in total. The number of nitro groups is 1. The van der Waals surface area contributed by atoms with Gasteiger partial charge in [-0.15, -0.1) is 12.4 Å². The Balaban J connectivity index is 0.00000128. The molecule has 1 aliphatic rings. The number of halogens is 1. The molecule has 2 rings (SSSR count). The van der Waals surface area contributed by atoms with E-state index in [0.717, 1.165) is 26.2 Å². The smallest absolute Gasteiger partial charge is 0.311 e. The normalized spacial score (nSPS) is 15.4. The van der Waals surface area contributed by atoms with E-state index in [4.69, 9.17) is 0 Å².